The molecule has 0 atom stereocenters. The van der Waals surface area contributed by atoms with E-state index in [1.807, 2.05) is 0 Å². The molecule has 0 aromatic carbocycles. The molecule has 0 saturated carbocycles. The summed E-state index contributed by atoms with van der Waals surface area (Å²) in [5.74, 6) is 0.221. The number of rotatable bonds is 1. The van der Waals surface area contributed by atoms with Gasteiger partial charge in [-0.05, 0) is 23.8 Å². The molecule has 0 fully saturated rings. The zero-order chi connectivity index (χ0) is 11.8. The lowest BCUT2D eigenvalue weighted by Gasteiger charge is -2.07. The molecule has 16 heavy (non-hydrogen) atoms. The number of H-pyrrole nitrogens is 1. The summed E-state index contributed by atoms with van der Waals surface area (Å²) in [6, 6.07) is 0.950. The van der Waals surface area contributed by atoms with Crippen LogP contribution in [0.15, 0.2) is 12.3 Å². The largest absolute Gasteiger partial charge is 0.433 e. The van der Waals surface area contributed by atoms with Gasteiger partial charge in [-0.3, -0.25) is 4.98 Å². The second-order valence-corrected chi connectivity index (χ2v) is 3.12. The fraction of sp³-hybridized carbons (Fsp3) is 0.250. The van der Waals surface area contributed by atoms with Gasteiger partial charge in [-0.2, -0.15) is 18.4 Å². The zero-order valence-corrected chi connectivity index (χ0v) is 8.08. The van der Waals surface area contributed by atoms with E-state index in [4.69, 9.17) is 0 Å². The molecule has 5 nitrogen and oxygen atoms in total. The van der Waals surface area contributed by atoms with E-state index < -0.39 is 11.9 Å². The van der Waals surface area contributed by atoms with Crippen molar-refractivity contribution < 1.29 is 13.2 Å². The van der Waals surface area contributed by atoms with Gasteiger partial charge in [-0.25, -0.2) is 0 Å². The number of tetrazole rings is 1. The van der Waals surface area contributed by atoms with E-state index in [9.17, 15) is 13.2 Å². The molecule has 0 spiro atoms. The van der Waals surface area contributed by atoms with Gasteiger partial charge >= 0.3 is 6.18 Å². The lowest BCUT2D eigenvalue weighted by Crippen LogP contribution is -2.08. The molecule has 0 radical (unpaired) electrons. The number of nitrogens with zero attached hydrogens (tertiary/aromatic N) is 4. The maximum atomic E-state index is 12.3. The number of nitrogens with one attached hydrogen (secondary N) is 1. The molecule has 2 aromatic heterocycles. The molecule has 0 aliphatic carbocycles. The number of hydrogen-bond donors (Lipinski definition) is 1. The Morgan fingerprint density at radius 2 is 2.06 bits per heavy atom. The van der Waals surface area contributed by atoms with Gasteiger partial charge in [0.25, 0.3) is 0 Å². The number of aromatic nitrogens is 5. The lowest BCUT2D eigenvalue weighted by atomic mass is 10.1. The van der Waals surface area contributed by atoms with Gasteiger partial charge in [0.2, 0.25) is 5.82 Å². The van der Waals surface area contributed by atoms with Crippen LogP contribution in [0.2, 0.25) is 0 Å². The first-order valence-electron chi connectivity index (χ1n) is 4.26. The summed E-state index contributed by atoms with van der Waals surface area (Å²) >= 11 is 0. The minimum Gasteiger partial charge on any atom is -0.251 e. The molecule has 2 aromatic rings. The number of halogens is 3. The molecule has 1 N–H and O–H groups in total. The van der Waals surface area contributed by atoms with Crippen LogP contribution >= 0.6 is 0 Å². The van der Waals surface area contributed by atoms with Crippen LogP contribution in [-0.4, -0.2) is 25.6 Å². The van der Waals surface area contributed by atoms with Crippen LogP contribution in [0.25, 0.3) is 11.4 Å². The summed E-state index contributed by atoms with van der Waals surface area (Å²) in [7, 11) is 0. The minimum absolute atomic E-state index is 0.221. The van der Waals surface area contributed by atoms with Crippen molar-refractivity contribution in [2.24, 2.45) is 0 Å². The molecular formula is C8H6F3N5. The number of aryl methyl sites for hydroxylation is 1. The first-order valence-corrected chi connectivity index (χ1v) is 4.26. The van der Waals surface area contributed by atoms with Crippen molar-refractivity contribution in [3.63, 3.8) is 0 Å². The Kier molecular flexibility index (Phi) is 2.33. The van der Waals surface area contributed by atoms with Gasteiger partial charge in [0.1, 0.15) is 5.69 Å². The molecule has 0 unspecified atom stereocenters. The average molecular weight is 229 g/mol. The fourth-order valence-electron chi connectivity index (χ4n) is 1.22. The van der Waals surface area contributed by atoms with Crippen LogP contribution in [-0.2, 0) is 6.18 Å². The zero-order valence-electron chi connectivity index (χ0n) is 8.08. The second-order valence-electron chi connectivity index (χ2n) is 3.12. The lowest BCUT2D eigenvalue weighted by molar-refractivity contribution is -0.141. The van der Waals surface area contributed by atoms with Gasteiger partial charge in [-0.1, -0.05) is 0 Å². The maximum Gasteiger partial charge on any atom is 0.433 e. The Morgan fingerprint density at radius 3 is 2.56 bits per heavy atom. The number of aromatic amines is 1. The Bertz CT molecular complexity index is 491. The van der Waals surface area contributed by atoms with Crippen molar-refractivity contribution in [1.29, 1.82) is 0 Å². The molecule has 2 heterocycles. The first-order chi connectivity index (χ1) is 7.48. The van der Waals surface area contributed by atoms with E-state index in [1.54, 1.807) is 0 Å². The molecule has 0 aliphatic rings. The highest BCUT2D eigenvalue weighted by atomic mass is 19.4. The maximum absolute atomic E-state index is 12.3. The predicted molar refractivity (Wildman–Crippen MR) is 47.1 cm³/mol. The number of hydrogen-bond acceptors (Lipinski definition) is 4. The Morgan fingerprint density at radius 1 is 1.31 bits per heavy atom. The third-order valence-electron chi connectivity index (χ3n) is 1.99. The summed E-state index contributed by atoms with van der Waals surface area (Å²) in [5.41, 5.74) is -0.122. The van der Waals surface area contributed by atoms with E-state index in [-0.39, 0.29) is 5.82 Å². The average Bonchev–Trinajstić information content (AvgIpc) is 2.69. The van der Waals surface area contributed by atoms with E-state index in [0.717, 1.165) is 12.3 Å². The van der Waals surface area contributed by atoms with Gasteiger partial charge in [0, 0.05) is 11.8 Å². The van der Waals surface area contributed by atoms with Crippen LogP contribution in [0.1, 0.15) is 11.3 Å². The highest BCUT2D eigenvalue weighted by Gasteiger charge is 2.32. The summed E-state index contributed by atoms with van der Waals surface area (Å²) in [6.45, 7) is 1.53. The van der Waals surface area contributed by atoms with Gasteiger partial charge in [-0.15, -0.1) is 10.2 Å². The number of alkyl halides is 3. The smallest absolute Gasteiger partial charge is 0.251 e. The van der Waals surface area contributed by atoms with Crippen LogP contribution in [0, 0.1) is 6.92 Å². The predicted octanol–water partition coefficient (Wildman–Crippen LogP) is 1.59. The van der Waals surface area contributed by atoms with Crippen molar-refractivity contribution in [1.82, 2.24) is 25.6 Å². The first kappa shape index (κ1) is 10.5. The Labute approximate surface area is 87.7 Å². The molecular weight excluding hydrogens is 223 g/mol. The quantitative estimate of drug-likeness (QED) is 0.806. The van der Waals surface area contributed by atoms with Crippen LogP contribution in [0.3, 0.4) is 0 Å². The van der Waals surface area contributed by atoms with E-state index in [1.165, 1.54) is 6.92 Å². The van der Waals surface area contributed by atoms with Gasteiger partial charge in [0.05, 0.1) is 0 Å². The summed E-state index contributed by atoms with van der Waals surface area (Å²) in [4.78, 5) is 3.32. The monoisotopic (exact) mass is 229 g/mol. The molecule has 0 saturated heterocycles. The van der Waals surface area contributed by atoms with Crippen molar-refractivity contribution in [3.8, 4) is 11.4 Å². The van der Waals surface area contributed by atoms with Crippen LogP contribution < -0.4 is 0 Å². The van der Waals surface area contributed by atoms with Crippen molar-refractivity contribution in [2.45, 2.75) is 13.1 Å². The van der Waals surface area contributed by atoms with Gasteiger partial charge < -0.3 is 0 Å². The SMILES string of the molecule is Cc1cc(C(F)(F)F)ncc1-c1nn[nH]n1. The standard InChI is InChI=1S/C8H6F3N5/c1-4-2-6(8(9,10)11)12-3-5(4)7-13-15-16-14-7/h2-3H,1H3,(H,13,14,15,16). The molecule has 8 heteroatoms. The molecule has 0 aliphatic heterocycles. The Hall–Kier alpha value is -1.99. The second kappa shape index (κ2) is 3.54. The van der Waals surface area contributed by atoms with Crippen molar-refractivity contribution >= 4 is 0 Å². The molecule has 0 amide bonds. The third kappa shape index (κ3) is 1.86. The topological polar surface area (TPSA) is 67.3 Å². The van der Waals surface area contributed by atoms with Gasteiger partial charge in [0.15, 0.2) is 0 Å². The highest BCUT2D eigenvalue weighted by molar-refractivity contribution is 5.57. The number of pyridine rings is 1. The molecule has 2 rings (SSSR count). The van der Waals surface area contributed by atoms with E-state index in [0.29, 0.717) is 11.1 Å². The van der Waals surface area contributed by atoms with Crippen LogP contribution in [0.5, 0.6) is 0 Å². The molecule has 84 valence electrons. The summed E-state index contributed by atoms with van der Waals surface area (Å²) < 4.78 is 37.0. The van der Waals surface area contributed by atoms with Crippen LogP contribution in [0.4, 0.5) is 13.2 Å². The third-order valence-corrected chi connectivity index (χ3v) is 1.99. The van der Waals surface area contributed by atoms with Crippen molar-refractivity contribution in [2.75, 3.05) is 0 Å². The van der Waals surface area contributed by atoms with E-state index in [2.05, 4.69) is 25.6 Å². The highest BCUT2D eigenvalue weighted by Crippen LogP contribution is 2.29. The summed E-state index contributed by atoms with van der Waals surface area (Å²) in [6.07, 6.45) is -3.36. The Balaban J connectivity index is 2.46. The summed E-state index contributed by atoms with van der Waals surface area (Å²) in [5, 5.41) is 12.9. The van der Waals surface area contributed by atoms with E-state index >= 15 is 0 Å². The minimum atomic E-state index is -4.44. The normalized spacial score (nSPS) is 11.8. The molecule has 0 bridgehead atoms. The fourth-order valence-corrected chi connectivity index (χ4v) is 1.22. The van der Waals surface area contributed by atoms with Crippen molar-refractivity contribution in [3.05, 3.63) is 23.5 Å².